The van der Waals surface area contributed by atoms with Gasteiger partial charge in [0.05, 0.1) is 6.10 Å². The Morgan fingerprint density at radius 3 is 2.88 bits per heavy atom. The van der Waals surface area contributed by atoms with Crippen molar-refractivity contribution in [3.8, 4) is 0 Å². The molecule has 1 saturated heterocycles. The Morgan fingerprint density at radius 2 is 2.62 bits per heavy atom. The summed E-state index contributed by atoms with van der Waals surface area (Å²) in [4.78, 5) is 0. The van der Waals surface area contributed by atoms with Gasteiger partial charge in [0.1, 0.15) is 0 Å². The molecule has 1 rings (SSSR count). The highest BCUT2D eigenvalue weighted by Crippen LogP contribution is 2.03. The van der Waals surface area contributed by atoms with Crippen molar-refractivity contribution in [3.63, 3.8) is 0 Å². The highest BCUT2D eigenvalue weighted by molar-refractivity contribution is 6.47. The zero-order valence-corrected chi connectivity index (χ0v) is 5.48. The maximum absolute atomic E-state index is 5.40. The lowest BCUT2D eigenvalue weighted by atomic mass is 9.90. The standard InChI is InChI=1S/C5H12BNO/c1-3-5-4-7-6(2)8-5/h5,7H,3-4H2,1-2H3. The van der Waals surface area contributed by atoms with E-state index in [1.54, 1.807) is 0 Å². The summed E-state index contributed by atoms with van der Waals surface area (Å²) in [7, 11) is 0.278. The van der Waals surface area contributed by atoms with E-state index in [2.05, 4.69) is 12.2 Å². The Kier molecular flexibility index (Phi) is 1.92. The quantitative estimate of drug-likeness (QED) is 0.500. The molecular formula is C5H12BNO. The Balaban J connectivity index is 2.22. The predicted molar refractivity (Wildman–Crippen MR) is 34.8 cm³/mol. The van der Waals surface area contributed by atoms with Gasteiger partial charge in [0.15, 0.2) is 0 Å². The molecule has 46 valence electrons. The molecule has 0 bridgehead atoms. The van der Waals surface area contributed by atoms with E-state index in [0.29, 0.717) is 6.10 Å². The summed E-state index contributed by atoms with van der Waals surface area (Å²) in [5.41, 5.74) is 0. The number of hydrogen-bond donors (Lipinski definition) is 1. The molecule has 1 fully saturated rings. The van der Waals surface area contributed by atoms with Crippen LogP contribution in [0.4, 0.5) is 0 Å². The van der Waals surface area contributed by atoms with Crippen LogP contribution < -0.4 is 5.23 Å². The molecule has 0 saturated carbocycles. The van der Waals surface area contributed by atoms with Crippen LogP contribution in [-0.2, 0) is 4.65 Å². The van der Waals surface area contributed by atoms with Crippen molar-refractivity contribution >= 4 is 7.05 Å². The first-order valence-corrected chi connectivity index (χ1v) is 3.21. The van der Waals surface area contributed by atoms with Gasteiger partial charge in [-0.15, -0.1) is 0 Å². The molecule has 8 heavy (non-hydrogen) atoms. The molecule has 1 unspecified atom stereocenters. The van der Waals surface area contributed by atoms with E-state index in [-0.39, 0.29) is 7.05 Å². The van der Waals surface area contributed by atoms with E-state index in [4.69, 9.17) is 4.65 Å². The molecule has 0 amide bonds. The molecule has 1 atom stereocenters. The summed E-state index contributed by atoms with van der Waals surface area (Å²) in [5, 5.41) is 3.20. The van der Waals surface area contributed by atoms with Crippen LogP contribution in [0.25, 0.3) is 0 Å². The van der Waals surface area contributed by atoms with E-state index in [0.717, 1.165) is 13.0 Å². The lowest BCUT2D eigenvalue weighted by Crippen LogP contribution is -2.23. The van der Waals surface area contributed by atoms with Gasteiger partial charge in [-0.1, -0.05) is 6.92 Å². The molecule has 2 nitrogen and oxygen atoms in total. The van der Waals surface area contributed by atoms with Gasteiger partial charge < -0.3 is 9.88 Å². The van der Waals surface area contributed by atoms with Crippen LogP contribution in [0.2, 0.25) is 6.82 Å². The van der Waals surface area contributed by atoms with Gasteiger partial charge >= 0.3 is 7.05 Å². The minimum Gasteiger partial charge on any atom is -0.418 e. The van der Waals surface area contributed by atoms with Crippen LogP contribution >= 0.6 is 0 Å². The molecule has 1 aliphatic heterocycles. The van der Waals surface area contributed by atoms with E-state index in [1.165, 1.54) is 0 Å². The summed E-state index contributed by atoms with van der Waals surface area (Å²) in [6.07, 6.45) is 1.59. The van der Waals surface area contributed by atoms with Crippen molar-refractivity contribution in [3.05, 3.63) is 0 Å². The summed E-state index contributed by atoms with van der Waals surface area (Å²) >= 11 is 0. The van der Waals surface area contributed by atoms with Crippen LogP contribution in [0.5, 0.6) is 0 Å². The van der Waals surface area contributed by atoms with Gasteiger partial charge in [-0.3, -0.25) is 0 Å². The van der Waals surface area contributed by atoms with Gasteiger partial charge in [-0.2, -0.15) is 0 Å². The van der Waals surface area contributed by atoms with Crippen LogP contribution in [0.15, 0.2) is 0 Å². The third-order valence-electron chi connectivity index (χ3n) is 1.48. The second-order valence-electron chi connectivity index (χ2n) is 2.22. The SMILES string of the molecule is CCC1CNB(C)O1. The minimum atomic E-state index is 0.278. The second-order valence-corrected chi connectivity index (χ2v) is 2.22. The normalized spacial score (nSPS) is 29.2. The zero-order chi connectivity index (χ0) is 5.98. The fraction of sp³-hybridized carbons (Fsp3) is 1.00. The predicted octanol–water partition coefficient (Wildman–Crippen LogP) is 0.503. The zero-order valence-electron chi connectivity index (χ0n) is 5.48. The minimum absolute atomic E-state index is 0.278. The van der Waals surface area contributed by atoms with E-state index in [1.807, 2.05) is 6.82 Å². The smallest absolute Gasteiger partial charge is 0.376 e. The molecule has 0 aromatic carbocycles. The maximum atomic E-state index is 5.40. The van der Waals surface area contributed by atoms with E-state index < -0.39 is 0 Å². The summed E-state index contributed by atoms with van der Waals surface area (Å²) in [6.45, 7) is 5.21. The lowest BCUT2D eigenvalue weighted by molar-refractivity contribution is 0.240. The lowest BCUT2D eigenvalue weighted by Gasteiger charge is -2.03. The maximum Gasteiger partial charge on any atom is 0.376 e. The van der Waals surface area contributed by atoms with Crippen LogP contribution in [0.1, 0.15) is 13.3 Å². The van der Waals surface area contributed by atoms with Crippen molar-refractivity contribution in [2.75, 3.05) is 6.54 Å². The fourth-order valence-corrected chi connectivity index (χ4v) is 0.923. The largest absolute Gasteiger partial charge is 0.418 e. The first-order valence-electron chi connectivity index (χ1n) is 3.21. The van der Waals surface area contributed by atoms with E-state index >= 15 is 0 Å². The Morgan fingerprint density at radius 1 is 1.88 bits per heavy atom. The number of hydrogen-bond acceptors (Lipinski definition) is 2. The Bertz CT molecular complexity index is 78.8. The molecule has 0 aromatic heterocycles. The highest BCUT2D eigenvalue weighted by atomic mass is 16.5. The molecule has 0 aliphatic carbocycles. The molecule has 0 spiro atoms. The number of nitrogens with one attached hydrogen (secondary N) is 1. The third-order valence-corrected chi connectivity index (χ3v) is 1.48. The molecule has 1 aliphatic rings. The highest BCUT2D eigenvalue weighted by Gasteiger charge is 2.22. The second kappa shape index (κ2) is 2.51. The van der Waals surface area contributed by atoms with Gasteiger partial charge in [0, 0.05) is 6.54 Å². The van der Waals surface area contributed by atoms with Crippen molar-refractivity contribution in [2.24, 2.45) is 0 Å². The Labute approximate surface area is 50.7 Å². The fourth-order valence-electron chi connectivity index (χ4n) is 0.923. The average molecular weight is 113 g/mol. The van der Waals surface area contributed by atoms with Gasteiger partial charge in [0.25, 0.3) is 0 Å². The van der Waals surface area contributed by atoms with Crippen LogP contribution in [-0.4, -0.2) is 19.7 Å². The van der Waals surface area contributed by atoms with Gasteiger partial charge in [-0.25, -0.2) is 0 Å². The number of rotatable bonds is 1. The summed E-state index contributed by atoms with van der Waals surface area (Å²) < 4.78 is 5.40. The van der Waals surface area contributed by atoms with Gasteiger partial charge in [-0.05, 0) is 13.2 Å². The van der Waals surface area contributed by atoms with E-state index in [9.17, 15) is 0 Å². The molecular weight excluding hydrogens is 101 g/mol. The monoisotopic (exact) mass is 113 g/mol. The van der Waals surface area contributed by atoms with Gasteiger partial charge in [0.2, 0.25) is 0 Å². The third kappa shape index (κ3) is 1.23. The topological polar surface area (TPSA) is 21.3 Å². The molecule has 0 radical (unpaired) electrons. The first-order chi connectivity index (χ1) is 3.83. The van der Waals surface area contributed by atoms with Crippen molar-refractivity contribution < 1.29 is 4.65 Å². The first kappa shape index (κ1) is 6.11. The molecule has 1 heterocycles. The molecule has 3 heteroatoms. The average Bonchev–Trinajstić information content (AvgIpc) is 2.14. The van der Waals surface area contributed by atoms with Crippen molar-refractivity contribution in [2.45, 2.75) is 26.3 Å². The Hall–Kier alpha value is -0.0151. The van der Waals surface area contributed by atoms with Crippen LogP contribution in [0.3, 0.4) is 0 Å². The molecule has 1 N–H and O–H groups in total. The summed E-state index contributed by atoms with van der Waals surface area (Å²) in [5.74, 6) is 0. The molecule has 0 aromatic rings. The van der Waals surface area contributed by atoms with Crippen LogP contribution in [0, 0.1) is 0 Å². The van der Waals surface area contributed by atoms with Crippen molar-refractivity contribution in [1.82, 2.24) is 5.23 Å². The van der Waals surface area contributed by atoms with Crippen molar-refractivity contribution in [1.29, 1.82) is 0 Å². The summed E-state index contributed by atoms with van der Waals surface area (Å²) in [6, 6.07) is 0.